The standard InChI is InChI=1S/C11H18N4O/c1-8(2)11(16)15-4-3-12-10(7-15)9-5-13-14-6-9/h5-6,8,10,12H,3-4,7H2,1-2H3,(H,13,14). The highest BCUT2D eigenvalue weighted by Crippen LogP contribution is 2.17. The summed E-state index contributed by atoms with van der Waals surface area (Å²) in [5, 5.41) is 10.1. The molecule has 16 heavy (non-hydrogen) atoms. The number of piperazine rings is 1. The van der Waals surface area contributed by atoms with Gasteiger partial charge in [0.1, 0.15) is 0 Å². The molecule has 1 fully saturated rings. The number of hydrogen-bond acceptors (Lipinski definition) is 3. The molecule has 1 aliphatic rings. The fraction of sp³-hybridized carbons (Fsp3) is 0.636. The number of rotatable bonds is 2. The Morgan fingerprint density at radius 1 is 1.62 bits per heavy atom. The molecule has 0 aromatic carbocycles. The van der Waals surface area contributed by atoms with Gasteiger partial charge in [-0.15, -0.1) is 0 Å². The number of carbonyl (C=O) groups is 1. The van der Waals surface area contributed by atoms with E-state index >= 15 is 0 Å². The maximum absolute atomic E-state index is 11.9. The van der Waals surface area contributed by atoms with Gasteiger partial charge < -0.3 is 10.2 Å². The quantitative estimate of drug-likeness (QED) is 0.767. The van der Waals surface area contributed by atoms with Gasteiger partial charge in [0.2, 0.25) is 5.91 Å². The van der Waals surface area contributed by atoms with Crippen LogP contribution in [0.4, 0.5) is 0 Å². The molecule has 0 saturated carbocycles. The lowest BCUT2D eigenvalue weighted by Gasteiger charge is -2.34. The van der Waals surface area contributed by atoms with Gasteiger partial charge in [-0.05, 0) is 0 Å². The number of nitrogens with zero attached hydrogens (tertiary/aromatic N) is 2. The molecule has 5 heteroatoms. The van der Waals surface area contributed by atoms with Crippen molar-refractivity contribution >= 4 is 5.91 Å². The Morgan fingerprint density at radius 2 is 2.44 bits per heavy atom. The minimum atomic E-state index is 0.0723. The van der Waals surface area contributed by atoms with E-state index in [1.807, 2.05) is 24.9 Å². The van der Waals surface area contributed by atoms with Crippen molar-refractivity contribution in [2.24, 2.45) is 5.92 Å². The normalized spacial score (nSPS) is 21.4. The Labute approximate surface area is 95.2 Å². The molecule has 2 heterocycles. The van der Waals surface area contributed by atoms with Gasteiger partial charge in [0.15, 0.2) is 0 Å². The largest absolute Gasteiger partial charge is 0.339 e. The molecule has 2 rings (SSSR count). The smallest absolute Gasteiger partial charge is 0.225 e. The monoisotopic (exact) mass is 222 g/mol. The molecule has 0 aliphatic carbocycles. The van der Waals surface area contributed by atoms with E-state index in [-0.39, 0.29) is 17.9 Å². The molecule has 1 aromatic rings. The SMILES string of the molecule is CC(C)C(=O)N1CCNC(c2cn[nH]c2)C1. The molecular formula is C11H18N4O. The third kappa shape index (κ3) is 2.24. The highest BCUT2D eigenvalue weighted by Gasteiger charge is 2.25. The third-order valence-corrected chi connectivity index (χ3v) is 2.90. The molecule has 0 radical (unpaired) electrons. The van der Waals surface area contributed by atoms with E-state index < -0.39 is 0 Å². The van der Waals surface area contributed by atoms with Gasteiger partial charge in [0.05, 0.1) is 12.2 Å². The van der Waals surface area contributed by atoms with Crippen LogP contribution in [0.1, 0.15) is 25.5 Å². The molecule has 1 saturated heterocycles. The Balaban J connectivity index is 2.02. The van der Waals surface area contributed by atoms with Crippen LogP contribution in [-0.2, 0) is 4.79 Å². The first kappa shape index (κ1) is 11.1. The highest BCUT2D eigenvalue weighted by molar-refractivity contribution is 5.78. The lowest BCUT2D eigenvalue weighted by atomic mass is 10.1. The van der Waals surface area contributed by atoms with Crippen molar-refractivity contribution in [2.45, 2.75) is 19.9 Å². The first-order chi connectivity index (χ1) is 7.68. The first-order valence-electron chi connectivity index (χ1n) is 5.69. The first-order valence-corrected chi connectivity index (χ1v) is 5.69. The van der Waals surface area contributed by atoms with Crippen LogP contribution in [0.5, 0.6) is 0 Å². The van der Waals surface area contributed by atoms with Crippen molar-refractivity contribution in [3.05, 3.63) is 18.0 Å². The van der Waals surface area contributed by atoms with E-state index in [0.29, 0.717) is 0 Å². The van der Waals surface area contributed by atoms with Crippen molar-refractivity contribution in [1.29, 1.82) is 0 Å². The van der Waals surface area contributed by atoms with E-state index in [2.05, 4.69) is 15.5 Å². The van der Waals surface area contributed by atoms with Crippen LogP contribution in [0, 0.1) is 5.92 Å². The Hall–Kier alpha value is -1.36. The van der Waals surface area contributed by atoms with E-state index in [4.69, 9.17) is 0 Å². The lowest BCUT2D eigenvalue weighted by molar-refractivity contribution is -0.135. The number of nitrogens with one attached hydrogen (secondary N) is 2. The maximum Gasteiger partial charge on any atom is 0.225 e. The topological polar surface area (TPSA) is 61.0 Å². The summed E-state index contributed by atoms with van der Waals surface area (Å²) in [4.78, 5) is 13.8. The van der Waals surface area contributed by atoms with E-state index in [9.17, 15) is 4.79 Å². The van der Waals surface area contributed by atoms with Crippen molar-refractivity contribution in [3.8, 4) is 0 Å². The highest BCUT2D eigenvalue weighted by atomic mass is 16.2. The molecule has 1 unspecified atom stereocenters. The fourth-order valence-corrected chi connectivity index (χ4v) is 1.99. The van der Waals surface area contributed by atoms with Crippen LogP contribution in [0.2, 0.25) is 0 Å². The van der Waals surface area contributed by atoms with Crippen LogP contribution in [-0.4, -0.2) is 40.6 Å². The van der Waals surface area contributed by atoms with Gasteiger partial charge in [0.25, 0.3) is 0 Å². The molecule has 0 bridgehead atoms. The number of aromatic nitrogens is 2. The number of carbonyl (C=O) groups excluding carboxylic acids is 1. The summed E-state index contributed by atoms with van der Waals surface area (Å²) in [5.41, 5.74) is 1.11. The summed E-state index contributed by atoms with van der Waals surface area (Å²) < 4.78 is 0. The van der Waals surface area contributed by atoms with Crippen LogP contribution < -0.4 is 5.32 Å². The van der Waals surface area contributed by atoms with Crippen molar-refractivity contribution < 1.29 is 4.79 Å². The molecule has 1 aliphatic heterocycles. The second-order valence-corrected chi connectivity index (χ2v) is 4.48. The molecule has 1 atom stereocenters. The predicted octanol–water partition coefficient (Wildman–Crippen LogP) is 0.539. The van der Waals surface area contributed by atoms with Crippen molar-refractivity contribution in [3.63, 3.8) is 0 Å². The summed E-state index contributed by atoms with van der Waals surface area (Å²) in [7, 11) is 0. The molecule has 0 spiro atoms. The summed E-state index contributed by atoms with van der Waals surface area (Å²) in [6.07, 6.45) is 3.68. The number of aromatic amines is 1. The summed E-state index contributed by atoms with van der Waals surface area (Å²) in [6.45, 7) is 6.25. The number of hydrogen-bond donors (Lipinski definition) is 2. The summed E-state index contributed by atoms with van der Waals surface area (Å²) in [6, 6.07) is 0.204. The van der Waals surface area contributed by atoms with Gasteiger partial charge in [-0.3, -0.25) is 9.89 Å². The molecular weight excluding hydrogens is 204 g/mol. The average molecular weight is 222 g/mol. The zero-order chi connectivity index (χ0) is 11.5. The van der Waals surface area contributed by atoms with Crippen molar-refractivity contribution in [2.75, 3.05) is 19.6 Å². The predicted molar refractivity (Wildman–Crippen MR) is 60.7 cm³/mol. The third-order valence-electron chi connectivity index (χ3n) is 2.90. The van der Waals surface area contributed by atoms with Crippen LogP contribution in [0.25, 0.3) is 0 Å². The molecule has 5 nitrogen and oxygen atoms in total. The van der Waals surface area contributed by atoms with Gasteiger partial charge in [-0.25, -0.2) is 0 Å². The van der Waals surface area contributed by atoms with Gasteiger partial charge >= 0.3 is 0 Å². The Morgan fingerprint density at radius 3 is 3.06 bits per heavy atom. The van der Waals surface area contributed by atoms with E-state index in [1.54, 1.807) is 6.20 Å². The van der Waals surface area contributed by atoms with Gasteiger partial charge in [0, 0.05) is 37.3 Å². The number of amides is 1. The lowest BCUT2D eigenvalue weighted by Crippen LogP contribution is -2.49. The second kappa shape index (κ2) is 4.65. The average Bonchev–Trinajstić information content (AvgIpc) is 2.81. The van der Waals surface area contributed by atoms with Crippen molar-refractivity contribution in [1.82, 2.24) is 20.4 Å². The fourth-order valence-electron chi connectivity index (χ4n) is 1.99. The maximum atomic E-state index is 11.9. The Bertz CT molecular complexity index is 347. The summed E-state index contributed by atoms with van der Waals surface area (Å²) >= 11 is 0. The zero-order valence-electron chi connectivity index (χ0n) is 9.73. The second-order valence-electron chi connectivity index (χ2n) is 4.48. The minimum Gasteiger partial charge on any atom is -0.339 e. The molecule has 1 amide bonds. The Kier molecular flexibility index (Phi) is 3.24. The van der Waals surface area contributed by atoms with E-state index in [1.165, 1.54) is 0 Å². The van der Waals surface area contributed by atoms with Gasteiger partial charge in [-0.2, -0.15) is 5.10 Å². The van der Waals surface area contributed by atoms with E-state index in [0.717, 1.165) is 25.2 Å². The van der Waals surface area contributed by atoms with Crippen LogP contribution in [0.3, 0.4) is 0 Å². The molecule has 1 aromatic heterocycles. The zero-order valence-corrected chi connectivity index (χ0v) is 9.73. The molecule has 88 valence electrons. The van der Waals surface area contributed by atoms with Crippen LogP contribution in [0.15, 0.2) is 12.4 Å². The number of H-pyrrole nitrogens is 1. The minimum absolute atomic E-state index is 0.0723. The van der Waals surface area contributed by atoms with Gasteiger partial charge in [-0.1, -0.05) is 13.8 Å². The van der Waals surface area contributed by atoms with Crippen LogP contribution >= 0.6 is 0 Å². The molecule has 2 N–H and O–H groups in total. The summed E-state index contributed by atoms with van der Waals surface area (Å²) in [5.74, 6) is 0.304.